The van der Waals surface area contributed by atoms with E-state index in [-0.39, 0.29) is 11.4 Å². The summed E-state index contributed by atoms with van der Waals surface area (Å²) in [7, 11) is 0. The van der Waals surface area contributed by atoms with Crippen molar-refractivity contribution < 1.29 is 4.39 Å². The molecule has 0 aromatic heterocycles. The first-order valence-electron chi connectivity index (χ1n) is 7.69. The number of benzene rings is 2. The van der Waals surface area contributed by atoms with Crippen molar-refractivity contribution in [2.75, 3.05) is 0 Å². The molecule has 21 heavy (non-hydrogen) atoms. The van der Waals surface area contributed by atoms with E-state index < -0.39 is 0 Å². The van der Waals surface area contributed by atoms with Crippen LogP contribution in [0.2, 0.25) is 0 Å². The zero-order chi connectivity index (χ0) is 14.9. The number of aryl methyl sites for hydroxylation is 1. The molecule has 0 amide bonds. The van der Waals surface area contributed by atoms with Crippen molar-refractivity contribution in [2.24, 2.45) is 5.73 Å². The topological polar surface area (TPSA) is 26.0 Å². The van der Waals surface area contributed by atoms with Crippen molar-refractivity contribution in [3.05, 3.63) is 71.0 Å². The molecule has 110 valence electrons. The Kier molecular flexibility index (Phi) is 3.81. The van der Waals surface area contributed by atoms with Gasteiger partial charge in [-0.15, -0.1) is 0 Å². The summed E-state index contributed by atoms with van der Waals surface area (Å²) in [6.45, 7) is 1.79. The van der Waals surface area contributed by atoms with Crippen LogP contribution in [-0.2, 0) is 5.54 Å². The van der Waals surface area contributed by atoms with Gasteiger partial charge in [-0.3, -0.25) is 0 Å². The van der Waals surface area contributed by atoms with Crippen molar-refractivity contribution in [1.29, 1.82) is 0 Å². The van der Waals surface area contributed by atoms with Gasteiger partial charge in [0.15, 0.2) is 0 Å². The van der Waals surface area contributed by atoms with Gasteiger partial charge in [0.25, 0.3) is 0 Å². The molecule has 2 aromatic rings. The van der Waals surface area contributed by atoms with Crippen LogP contribution in [0.5, 0.6) is 0 Å². The lowest BCUT2D eigenvalue weighted by atomic mass is 9.71. The van der Waals surface area contributed by atoms with Crippen LogP contribution in [0.15, 0.2) is 48.5 Å². The molecule has 1 nitrogen and oxygen atoms in total. The van der Waals surface area contributed by atoms with Gasteiger partial charge in [-0.25, -0.2) is 4.39 Å². The Morgan fingerprint density at radius 1 is 1.05 bits per heavy atom. The highest BCUT2D eigenvalue weighted by Gasteiger charge is 2.33. The van der Waals surface area contributed by atoms with Crippen LogP contribution in [0.25, 0.3) is 0 Å². The number of hydrogen-bond donors (Lipinski definition) is 1. The first kappa shape index (κ1) is 14.3. The lowest BCUT2D eigenvalue weighted by Crippen LogP contribution is -2.40. The molecule has 0 atom stereocenters. The van der Waals surface area contributed by atoms with Crippen molar-refractivity contribution in [2.45, 2.75) is 44.1 Å². The van der Waals surface area contributed by atoms with Crippen molar-refractivity contribution in [3.63, 3.8) is 0 Å². The maximum absolute atomic E-state index is 13.8. The molecule has 0 heterocycles. The number of rotatable bonds is 2. The van der Waals surface area contributed by atoms with Crippen molar-refractivity contribution in [1.82, 2.24) is 0 Å². The molecule has 1 aliphatic carbocycles. The Bertz CT molecular complexity index is 613. The predicted octanol–water partition coefficient (Wildman–Crippen LogP) is 4.65. The summed E-state index contributed by atoms with van der Waals surface area (Å²) in [5.74, 6) is 0.431. The lowest BCUT2D eigenvalue weighted by Gasteiger charge is -2.38. The first-order valence-corrected chi connectivity index (χ1v) is 7.69. The smallest absolute Gasteiger partial charge is 0.126 e. The van der Waals surface area contributed by atoms with E-state index in [1.54, 1.807) is 13.0 Å². The zero-order valence-corrected chi connectivity index (χ0v) is 12.5. The number of halogens is 1. The third-order valence-electron chi connectivity index (χ3n) is 4.90. The predicted molar refractivity (Wildman–Crippen MR) is 84.7 cm³/mol. The molecule has 0 saturated heterocycles. The van der Waals surface area contributed by atoms with Gasteiger partial charge in [0.2, 0.25) is 0 Å². The van der Waals surface area contributed by atoms with Crippen LogP contribution in [-0.4, -0.2) is 0 Å². The van der Waals surface area contributed by atoms with E-state index in [2.05, 4.69) is 30.3 Å². The normalized spacial score (nSPS) is 25.8. The average molecular weight is 283 g/mol. The van der Waals surface area contributed by atoms with E-state index in [4.69, 9.17) is 5.73 Å². The van der Waals surface area contributed by atoms with Crippen LogP contribution in [0.3, 0.4) is 0 Å². The Morgan fingerprint density at radius 3 is 2.33 bits per heavy atom. The second-order valence-corrected chi connectivity index (χ2v) is 6.31. The van der Waals surface area contributed by atoms with Gasteiger partial charge in [-0.05, 0) is 61.3 Å². The summed E-state index contributed by atoms with van der Waals surface area (Å²) in [6, 6.07) is 16.1. The van der Waals surface area contributed by atoms with Gasteiger partial charge >= 0.3 is 0 Å². The van der Waals surface area contributed by atoms with E-state index >= 15 is 0 Å². The van der Waals surface area contributed by atoms with Crippen molar-refractivity contribution >= 4 is 0 Å². The summed E-state index contributed by atoms with van der Waals surface area (Å²) in [6.07, 6.45) is 3.95. The number of hydrogen-bond acceptors (Lipinski definition) is 1. The van der Waals surface area contributed by atoms with Crippen LogP contribution in [0.4, 0.5) is 4.39 Å². The van der Waals surface area contributed by atoms with E-state index in [1.807, 2.05) is 12.1 Å². The third-order valence-corrected chi connectivity index (χ3v) is 4.90. The Balaban J connectivity index is 1.76. The van der Waals surface area contributed by atoms with Crippen LogP contribution in [0, 0.1) is 12.7 Å². The molecular weight excluding hydrogens is 261 g/mol. The van der Waals surface area contributed by atoms with Crippen LogP contribution >= 0.6 is 0 Å². The highest BCUT2D eigenvalue weighted by molar-refractivity contribution is 5.30. The fourth-order valence-electron chi connectivity index (χ4n) is 3.38. The van der Waals surface area contributed by atoms with E-state index in [0.29, 0.717) is 11.5 Å². The summed E-state index contributed by atoms with van der Waals surface area (Å²) in [5, 5.41) is 0. The molecule has 3 rings (SSSR count). The van der Waals surface area contributed by atoms with E-state index in [9.17, 15) is 4.39 Å². The highest BCUT2D eigenvalue weighted by atomic mass is 19.1. The third kappa shape index (κ3) is 2.86. The summed E-state index contributed by atoms with van der Waals surface area (Å²) in [4.78, 5) is 0. The fraction of sp³-hybridized carbons (Fsp3) is 0.368. The summed E-state index contributed by atoms with van der Waals surface area (Å²) >= 11 is 0. The summed E-state index contributed by atoms with van der Waals surface area (Å²) < 4.78 is 13.8. The molecule has 0 radical (unpaired) electrons. The first-order chi connectivity index (χ1) is 10.1. The van der Waals surface area contributed by atoms with Gasteiger partial charge in [-0.2, -0.15) is 0 Å². The average Bonchev–Trinajstić information content (AvgIpc) is 2.51. The second-order valence-electron chi connectivity index (χ2n) is 6.31. The Morgan fingerprint density at radius 2 is 1.71 bits per heavy atom. The Labute approximate surface area is 126 Å². The number of nitrogens with two attached hydrogens (primary N) is 1. The maximum Gasteiger partial charge on any atom is 0.126 e. The molecule has 0 bridgehead atoms. The largest absolute Gasteiger partial charge is 0.321 e. The SMILES string of the molecule is Cc1ccc(C2(N)CCC(c3ccccc3)CC2)cc1F. The van der Waals surface area contributed by atoms with Crippen molar-refractivity contribution in [3.8, 4) is 0 Å². The minimum atomic E-state index is -0.375. The molecule has 1 saturated carbocycles. The van der Waals surface area contributed by atoms with E-state index in [0.717, 1.165) is 31.2 Å². The summed E-state index contributed by atoms with van der Waals surface area (Å²) in [5.41, 5.74) is 9.22. The van der Waals surface area contributed by atoms with Crippen LogP contribution < -0.4 is 5.73 Å². The van der Waals surface area contributed by atoms with Gasteiger partial charge in [0.05, 0.1) is 0 Å². The molecule has 2 N–H and O–H groups in total. The zero-order valence-electron chi connectivity index (χ0n) is 12.5. The van der Waals surface area contributed by atoms with Crippen LogP contribution in [0.1, 0.15) is 48.3 Å². The van der Waals surface area contributed by atoms with E-state index in [1.165, 1.54) is 5.56 Å². The van der Waals surface area contributed by atoms with Gasteiger partial charge in [-0.1, -0.05) is 42.5 Å². The Hall–Kier alpha value is -1.67. The second kappa shape index (κ2) is 5.61. The molecule has 0 aliphatic heterocycles. The molecule has 2 heteroatoms. The molecule has 0 spiro atoms. The quantitative estimate of drug-likeness (QED) is 0.853. The van der Waals surface area contributed by atoms with Gasteiger partial charge in [0.1, 0.15) is 5.82 Å². The molecule has 1 aliphatic rings. The monoisotopic (exact) mass is 283 g/mol. The molecule has 2 aromatic carbocycles. The highest BCUT2D eigenvalue weighted by Crippen LogP contribution is 2.41. The minimum absolute atomic E-state index is 0.150. The molecular formula is C19H22FN. The van der Waals surface area contributed by atoms with Gasteiger partial charge < -0.3 is 5.73 Å². The minimum Gasteiger partial charge on any atom is -0.321 e. The lowest BCUT2D eigenvalue weighted by molar-refractivity contribution is 0.276. The van der Waals surface area contributed by atoms with Gasteiger partial charge in [0, 0.05) is 5.54 Å². The fourth-order valence-corrected chi connectivity index (χ4v) is 3.38. The molecule has 1 fully saturated rings. The maximum atomic E-state index is 13.8. The standard InChI is InChI=1S/C19H22FN/c1-14-7-8-17(13-18(14)20)19(21)11-9-16(10-12-19)15-5-3-2-4-6-15/h2-8,13,16H,9-12,21H2,1H3. The molecule has 0 unspecified atom stereocenters.